The van der Waals surface area contributed by atoms with Gasteiger partial charge >= 0.3 is 18.2 Å². The van der Waals surface area contributed by atoms with Crippen LogP contribution >= 0.6 is 11.6 Å². The molecule has 2 saturated heterocycles. The molecule has 0 spiro atoms. The van der Waals surface area contributed by atoms with Gasteiger partial charge in [-0.1, -0.05) is 73.5 Å². The molecule has 264 valence electrons. The number of nitrogens with one attached hydrogen (secondary N) is 2. The van der Waals surface area contributed by atoms with Crippen molar-refractivity contribution >= 4 is 29.8 Å². The third-order valence-corrected chi connectivity index (χ3v) is 8.54. The van der Waals surface area contributed by atoms with E-state index in [1.54, 1.807) is 4.57 Å². The summed E-state index contributed by atoms with van der Waals surface area (Å²) in [6, 6.07) is 15.6. The molecule has 5 atom stereocenters. The number of carbonyl (C=O) groups is 3. The average molecular weight is 710 g/mol. The number of fused-ring (bicyclic) bond motifs is 1. The highest BCUT2D eigenvalue weighted by Gasteiger charge is 2.51. The first kappa shape index (κ1) is 34.8. The number of imidazole rings is 1. The van der Waals surface area contributed by atoms with Crippen molar-refractivity contribution < 1.29 is 42.8 Å². The zero-order valence-electron chi connectivity index (χ0n) is 27.5. The predicted octanol–water partition coefficient (Wildman–Crippen LogP) is 4.32. The number of unbranched alkanes of at least 4 members (excludes halogenated alkanes) is 1. The second-order valence-corrected chi connectivity index (χ2v) is 12.0. The van der Waals surface area contributed by atoms with Crippen molar-refractivity contribution in [1.82, 2.24) is 35.5 Å². The summed E-state index contributed by atoms with van der Waals surface area (Å²) < 4.78 is 34.4. The third-order valence-electron chi connectivity index (χ3n) is 8.28. The van der Waals surface area contributed by atoms with Crippen molar-refractivity contribution in [3.8, 4) is 22.5 Å². The molecule has 6 rings (SSSR count). The van der Waals surface area contributed by atoms with Gasteiger partial charge in [-0.15, -0.1) is 10.2 Å². The van der Waals surface area contributed by atoms with E-state index in [4.69, 9.17) is 40.0 Å². The lowest BCUT2D eigenvalue weighted by Crippen LogP contribution is -2.37. The van der Waals surface area contributed by atoms with Gasteiger partial charge in [0.1, 0.15) is 18.0 Å². The van der Waals surface area contributed by atoms with Crippen LogP contribution in [0.15, 0.2) is 48.5 Å². The van der Waals surface area contributed by atoms with Crippen molar-refractivity contribution in [2.24, 2.45) is 0 Å². The van der Waals surface area contributed by atoms with Crippen molar-refractivity contribution in [2.45, 2.75) is 70.4 Å². The summed E-state index contributed by atoms with van der Waals surface area (Å²) >= 11 is 6.52. The predicted molar refractivity (Wildman–Crippen MR) is 175 cm³/mol. The third kappa shape index (κ3) is 7.72. The number of halogens is 1. The number of H-pyrrole nitrogens is 1. The number of tetrazole rings is 1. The number of hydrogen-bond acceptors (Lipinski definition) is 13. The van der Waals surface area contributed by atoms with E-state index in [-0.39, 0.29) is 30.6 Å². The molecule has 4 heterocycles. The van der Waals surface area contributed by atoms with Gasteiger partial charge in [-0.3, -0.25) is 0 Å². The van der Waals surface area contributed by atoms with Crippen LogP contribution in [0, 0.1) is 0 Å². The molecular weight excluding hydrogens is 674 g/mol. The standard InChI is InChI=1S/C33H36ClN7O9/c1-4-5-10-25-36-29(34)26(41(25)15-19-11-13-20(14-12-19)21-8-6-7-9-22(21)30-37-39-40-38-30)31(42)47-18(2)48-33(44)50-24-17-46-27-23(16-45-28(24)27)49-32(43)35-3/h6-9,11-14,18,23-24,27-28H,4-5,10,15-17H2,1-3H3,(H,35,43)(H,37,38,39,40)/t18?,23-,24-,27+,28+/m1/s1. The number of aromatic amines is 1. The van der Waals surface area contributed by atoms with E-state index in [0.717, 1.165) is 35.1 Å². The molecule has 4 aromatic rings. The molecule has 2 fully saturated rings. The van der Waals surface area contributed by atoms with E-state index in [2.05, 4.69) is 37.8 Å². The summed E-state index contributed by atoms with van der Waals surface area (Å²) in [5.41, 5.74) is 3.62. The monoisotopic (exact) mass is 709 g/mol. The average Bonchev–Trinajstić information content (AvgIpc) is 3.91. The first-order chi connectivity index (χ1) is 24.2. The number of benzene rings is 2. The Labute approximate surface area is 291 Å². The van der Waals surface area contributed by atoms with E-state index in [1.807, 2.05) is 48.5 Å². The minimum Gasteiger partial charge on any atom is -0.441 e. The summed E-state index contributed by atoms with van der Waals surface area (Å²) in [4.78, 5) is 42.2. The fourth-order valence-electron chi connectivity index (χ4n) is 5.88. The van der Waals surface area contributed by atoms with Crippen molar-refractivity contribution in [3.63, 3.8) is 0 Å². The van der Waals surface area contributed by atoms with Crippen LogP contribution in [0.5, 0.6) is 0 Å². The number of aryl methyl sites for hydroxylation is 1. The molecular formula is C33H36ClN7O9. The van der Waals surface area contributed by atoms with Gasteiger partial charge in [-0.05, 0) is 28.3 Å². The lowest BCUT2D eigenvalue weighted by Gasteiger charge is -2.19. The number of carbonyl (C=O) groups excluding carboxylic acids is 3. The Morgan fingerprint density at radius 3 is 2.38 bits per heavy atom. The highest BCUT2D eigenvalue weighted by atomic mass is 35.5. The largest absolute Gasteiger partial charge is 0.511 e. The summed E-state index contributed by atoms with van der Waals surface area (Å²) in [5, 5.41) is 16.7. The summed E-state index contributed by atoms with van der Waals surface area (Å²) in [6.07, 6.45) is -3.46. The molecule has 16 nitrogen and oxygen atoms in total. The van der Waals surface area contributed by atoms with Crippen LogP contribution in [0.2, 0.25) is 5.15 Å². The maximum atomic E-state index is 13.5. The summed E-state index contributed by atoms with van der Waals surface area (Å²) in [6.45, 7) is 3.81. The minimum atomic E-state index is -1.33. The number of ether oxygens (including phenoxy) is 6. The van der Waals surface area contributed by atoms with Gasteiger partial charge in [0, 0.05) is 32.5 Å². The van der Waals surface area contributed by atoms with Crippen LogP contribution in [0.25, 0.3) is 22.5 Å². The highest BCUT2D eigenvalue weighted by molar-refractivity contribution is 6.32. The van der Waals surface area contributed by atoms with Crippen molar-refractivity contribution in [3.05, 3.63) is 70.8 Å². The number of rotatable bonds is 12. The number of alkyl carbamates (subject to hydrolysis) is 1. The number of amides is 1. The molecule has 1 unspecified atom stereocenters. The van der Waals surface area contributed by atoms with Gasteiger partial charge in [0.25, 0.3) is 0 Å². The Morgan fingerprint density at radius 1 is 1.02 bits per heavy atom. The van der Waals surface area contributed by atoms with Crippen molar-refractivity contribution in [2.75, 3.05) is 20.3 Å². The van der Waals surface area contributed by atoms with Crippen LogP contribution in [-0.2, 0) is 41.4 Å². The van der Waals surface area contributed by atoms with Crippen molar-refractivity contribution in [1.29, 1.82) is 0 Å². The molecule has 50 heavy (non-hydrogen) atoms. The Morgan fingerprint density at radius 2 is 1.72 bits per heavy atom. The Balaban J connectivity index is 1.11. The summed E-state index contributed by atoms with van der Waals surface area (Å²) in [7, 11) is 1.44. The van der Waals surface area contributed by atoms with Gasteiger partial charge in [-0.2, -0.15) is 5.21 Å². The molecule has 0 aliphatic carbocycles. The van der Waals surface area contributed by atoms with Gasteiger partial charge in [0.15, 0.2) is 23.1 Å². The second-order valence-electron chi connectivity index (χ2n) is 11.6. The molecule has 2 aliphatic heterocycles. The minimum absolute atomic E-state index is 0.00777. The van der Waals surface area contributed by atoms with E-state index in [0.29, 0.717) is 18.1 Å². The molecule has 17 heteroatoms. The Bertz CT molecular complexity index is 1800. The number of nitrogens with zero attached hydrogens (tertiary/aromatic N) is 5. The van der Waals surface area contributed by atoms with Crippen LogP contribution in [0.3, 0.4) is 0 Å². The molecule has 0 bridgehead atoms. The van der Waals surface area contributed by atoms with Gasteiger partial charge in [0.2, 0.25) is 12.1 Å². The zero-order chi connectivity index (χ0) is 35.2. The molecule has 1 amide bonds. The van der Waals surface area contributed by atoms with E-state index < -0.39 is 48.9 Å². The lowest BCUT2D eigenvalue weighted by atomic mass is 9.98. The van der Waals surface area contributed by atoms with E-state index in [9.17, 15) is 14.4 Å². The van der Waals surface area contributed by atoms with Crippen LogP contribution in [0.1, 0.15) is 48.6 Å². The molecule has 2 aromatic heterocycles. The Kier molecular flexibility index (Phi) is 10.9. The number of hydrogen-bond donors (Lipinski definition) is 2. The van der Waals surface area contributed by atoms with Crippen LogP contribution < -0.4 is 5.32 Å². The van der Waals surface area contributed by atoms with E-state index in [1.165, 1.54) is 14.0 Å². The molecule has 0 radical (unpaired) electrons. The fourth-order valence-corrected chi connectivity index (χ4v) is 6.16. The Hall–Kier alpha value is -5.06. The summed E-state index contributed by atoms with van der Waals surface area (Å²) in [5.74, 6) is 0.280. The quantitative estimate of drug-likeness (QED) is 0.120. The van der Waals surface area contributed by atoms with Crippen LogP contribution in [-0.4, -0.2) is 99.4 Å². The van der Waals surface area contributed by atoms with Gasteiger partial charge in [0.05, 0.1) is 13.2 Å². The lowest BCUT2D eigenvalue weighted by molar-refractivity contribution is -0.0990. The second kappa shape index (κ2) is 15.7. The molecule has 0 saturated carbocycles. The normalized spacial score (nSPS) is 20.2. The van der Waals surface area contributed by atoms with E-state index >= 15 is 0 Å². The van der Waals surface area contributed by atoms with Gasteiger partial charge < -0.3 is 38.3 Å². The number of esters is 1. The first-order valence-corrected chi connectivity index (χ1v) is 16.5. The molecule has 2 aliphatic rings. The topological polar surface area (TPSA) is 191 Å². The molecule has 2 aromatic carbocycles. The highest BCUT2D eigenvalue weighted by Crippen LogP contribution is 2.32. The zero-order valence-corrected chi connectivity index (χ0v) is 28.3. The van der Waals surface area contributed by atoms with Gasteiger partial charge in [-0.25, -0.2) is 19.4 Å². The number of aromatic nitrogens is 6. The smallest absolute Gasteiger partial charge is 0.441 e. The maximum Gasteiger partial charge on any atom is 0.511 e. The SMILES string of the molecule is CCCCc1nc(Cl)c(C(=O)OC(C)OC(=O)O[C@@H]2CO[C@@H]3[C@H]2OC[C@H]3OC(=O)NC)n1Cc1ccc(-c2ccccc2-c2nn[nH]n2)cc1. The maximum absolute atomic E-state index is 13.5. The first-order valence-electron chi connectivity index (χ1n) is 16.1. The van der Waals surface area contributed by atoms with Crippen LogP contribution in [0.4, 0.5) is 9.59 Å². The molecule has 2 N–H and O–H groups in total. The fraction of sp³-hybridized carbons (Fsp3) is 0.424.